The number of ether oxygens (including phenoxy) is 1. The van der Waals surface area contributed by atoms with Crippen molar-refractivity contribution in [3.8, 4) is 11.8 Å². The van der Waals surface area contributed by atoms with Crippen molar-refractivity contribution in [3.63, 3.8) is 0 Å². The highest BCUT2D eigenvalue weighted by atomic mass is 19.4. The van der Waals surface area contributed by atoms with Crippen molar-refractivity contribution in [2.75, 3.05) is 5.32 Å². The number of para-hydroxylation sites is 2. The van der Waals surface area contributed by atoms with Gasteiger partial charge in [0.15, 0.2) is 5.65 Å². The van der Waals surface area contributed by atoms with Crippen LogP contribution >= 0.6 is 0 Å². The van der Waals surface area contributed by atoms with Gasteiger partial charge >= 0.3 is 12.5 Å². The van der Waals surface area contributed by atoms with E-state index in [0.717, 1.165) is 18.2 Å². The zero-order chi connectivity index (χ0) is 22.4. The van der Waals surface area contributed by atoms with Crippen LogP contribution in [0.5, 0.6) is 5.75 Å². The van der Waals surface area contributed by atoms with Crippen molar-refractivity contribution in [3.05, 3.63) is 65.7 Å². The molecular weight excluding hydrogens is 426 g/mol. The summed E-state index contributed by atoms with van der Waals surface area (Å²) in [6, 6.07) is 13.4. The molecule has 4 rings (SSSR count). The van der Waals surface area contributed by atoms with Gasteiger partial charge in [-0.25, -0.2) is 4.98 Å². The smallest absolute Gasteiger partial charge is 0.406 e. The predicted octanol–water partition coefficient (Wildman–Crippen LogP) is 6.02. The summed E-state index contributed by atoms with van der Waals surface area (Å²) in [5, 5.41) is 12.1. The van der Waals surface area contributed by atoms with Gasteiger partial charge in [-0.3, -0.25) is 4.40 Å². The monoisotopic (exact) mass is 436 g/mol. The number of nitrogens with zero attached hydrogens (tertiary/aromatic N) is 3. The Morgan fingerprint density at radius 2 is 1.71 bits per heavy atom. The van der Waals surface area contributed by atoms with Crippen molar-refractivity contribution < 1.29 is 31.1 Å². The zero-order valence-electron chi connectivity index (χ0n) is 15.2. The highest BCUT2D eigenvalue weighted by molar-refractivity contribution is 5.86. The summed E-state index contributed by atoms with van der Waals surface area (Å²) in [5.41, 5.74) is -1.32. The lowest BCUT2D eigenvalue weighted by Gasteiger charge is -2.16. The number of hydrogen-bond acceptors (Lipinski definition) is 4. The molecule has 0 aliphatic heterocycles. The zero-order valence-corrected chi connectivity index (χ0v) is 15.2. The molecular formula is C20H10F6N4O. The number of fused-ring (bicyclic) bond motifs is 3. The van der Waals surface area contributed by atoms with E-state index in [1.807, 2.05) is 0 Å². The normalized spacial score (nSPS) is 12.2. The molecule has 2 aromatic carbocycles. The Kier molecular flexibility index (Phi) is 4.65. The fourth-order valence-electron chi connectivity index (χ4n) is 3.18. The Hall–Kier alpha value is -3.94. The van der Waals surface area contributed by atoms with E-state index < -0.39 is 29.4 Å². The minimum atomic E-state index is -4.93. The van der Waals surface area contributed by atoms with Crippen LogP contribution in [-0.4, -0.2) is 15.7 Å². The number of rotatable bonds is 3. The van der Waals surface area contributed by atoms with E-state index in [9.17, 15) is 31.6 Å². The molecule has 2 aromatic heterocycles. The first-order chi connectivity index (χ1) is 14.6. The number of nitriles is 1. The van der Waals surface area contributed by atoms with E-state index >= 15 is 0 Å². The molecule has 0 aliphatic rings. The van der Waals surface area contributed by atoms with Crippen LogP contribution < -0.4 is 10.1 Å². The molecule has 4 aromatic rings. The Labute approximate surface area is 170 Å². The second-order valence-electron chi connectivity index (χ2n) is 6.39. The number of anilines is 2. The van der Waals surface area contributed by atoms with Crippen LogP contribution in [0, 0.1) is 11.3 Å². The quantitative estimate of drug-likeness (QED) is 0.399. The molecule has 0 saturated heterocycles. The highest BCUT2D eigenvalue weighted by Gasteiger charge is 2.36. The average Bonchev–Trinajstić information content (AvgIpc) is 3.06. The second kappa shape index (κ2) is 7.09. The highest BCUT2D eigenvalue weighted by Crippen LogP contribution is 2.38. The van der Waals surface area contributed by atoms with Crippen LogP contribution in [-0.2, 0) is 6.18 Å². The lowest BCUT2D eigenvalue weighted by molar-refractivity contribution is -0.274. The summed E-state index contributed by atoms with van der Waals surface area (Å²) in [6.45, 7) is 0. The van der Waals surface area contributed by atoms with Gasteiger partial charge in [-0.2, -0.15) is 18.4 Å². The van der Waals surface area contributed by atoms with Gasteiger partial charge in [0, 0.05) is 11.8 Å². The third kappa shape index (κ3) is 3.92. The van der Waals surface area contributed by atoms with Crippen molar-refractivity contribution in [2.45, 2.75) is 12.5 Å². The Bertz CT molecular complexity index is 1330. The minimum Gasteiger partial charge on any atom is -0.406 e. The third-order valence-electron chi connectivity index (χ3n) is 4.33. The van der Waals surface area contributed by atoms with Crippen LogP contribution in [0.1, 0.15) is 11.1 Å². The van der Waals surface area contributed by atoms with E-state index in [2.05, 4.69) is 15.0 Å². The molecule has 5 nitrogen and oxygen atoms in total. The second-order valence-corrected chi connectivity index (χ2v) is 6.39. The van der Waals surface area contributed by atoms with Crippen LogP contribution in [0.3, 0.4) is 0 Å². The number of alkyl halides is 6. The third-order valence-corrected chi connectivity index (χ3v) is 4.33. The maximum atomic E-state index is 13.6. The lowest BCUT2D eigenvalue weighted by Crippen LogP contribution is -2.17. The minimum absolute atomic E-state index is 0.0404. The van der Waals surface area contributed by atoms with Crippen molar-refractivity contribution in [1.82, 2.24) is 9.38 Å². The van der Waals surface area contributed by atoms with Gasteiger partial charge in [-0.15, -0.1) is 13.2 Å². The number of hydrogen-bond donors (Lipinski definition) is 1. The summed E-state index contributed by atoms with van der Waals surface area (Å²) < 4.78 is 83.5. The first-order valence-electron chi connectivity index (χ1n) is 8.61. The summed E-state index contributed by atoms with van der Waals surface area (Å²) in [6.07, 6.45) is -9.78. The first kappa shape index (κ1) is 20.3. The van der Waals surface area contributed by atoms with Crippen LogP contribution in [0.15, 0.2) is 54.6 Å². The summed E-state index contributed by atoms with van der Waals surface area (Å²) in [5.74, 6) is -0.687. The molecule has 0 aliphatic carbocycles. The van der Waals surface area contributed by atoms with Crippen LogP contribution in [0.25, 0.3) is 16.7 Å². The van der Waals surface area contributed by atoms with Gasteiger partial charge < -0.3 is 10.1 Å². The van der Waals surface area contributed by atoms with Crippen molar-refractivity contribution >= 4 is 28.2 Å². The molecule has 0 bridgehead atoms. The van der Waals surface area contributed by atoms with Gasteiger partial charge in [0.25, 0.3) is 0 Å². The molecule has 0 atom stereocenters. The summed E-state index contributed by atoms with van der Waals surface area (Å²) in [4.78, 5) is 4.16. The lowest BCUT2D eigenvalue weighted by atomic mass is 10.1. The van der Waals surface area contributed by atoms with Gasteiger partial charge in [-0.05, 0) is 30.3 Å². The number of halogens is 6. The van der Waals surface area contributed by atoms with Crippen molar-refractivity contribution in [1.29, 1.82) is 5.26 Å². The summed E-state index contributed by atoms with van der Waals surface area (Å²) >= 11 is 0. The Morgan fingerprint density at radius 1 is 0.968 bits per heavy atom. The number of pyridine rings is 1. The fourth-order valence-corrected chi connectivity index (χ4v) is 3.18. The fraction of sp³-hybridized carbons (Fsp3) is 0.100. The largest absolute Gasteiger partial charge is 0.573 e. The molecule has 31 heavy (non-hydrogen) atoms. The number of benzene rings is 2. The molecule has 0 saturated carbocycles. The number of nitrogens with one attached hydrogen (secondary N) is 1. The topological polar surface area (TPSA) is 62.3 Å². The van der Waals surface area contributed by atoms with Crippen molar-refractivity contribution in [2.24, 2.45) is 0 Å². The molecule has 0 radical (unpaired) electrons. The average molecular weight is 436 g/mol. The van der Waals surface area contributed by atoms with Gasteiger partial charge in [-0.1, -0.05) is 18.2 Å². The molecule has 0 amide bonds. The van der Waals surface area contributed by atoms with Crippen LogP contribution in [0.4, 0.5) is 37.8 Å². The van der Waals surface area contributed by atoms with Crippen LogP contribution in [0.2, 0.25) is 0 Å². The summed E-state index contributed by atoms with van der Waals surface area (Å²) in [7, 11) is 0. The SMILES string of the molecule is N#Cc1c(C(F)(F)F)cc(Nc2cccc(OC(F)(F)F)c2)n2c1nc1ccccc12. The number of aromatic nitrogens is 2. The van der Waals surface area contributed by atoms with Gasteiger partial charge in [0.1, 0.15) is 23.2 Å². The molecule has 1 N–H and O–H groups in total. The molecule has 0 spiro atoms. The number of imidazole rings is 1. The molecule has 11 heteroatoms. The van der Waals surface area contributed by atoms with E-state index in [1.165, 1.54) is 16.5 Å². The maximum Gasteiger partial charge on any atom is 0.573 e. The Balaban J connectivity index is 1.94. The van der Waals surface area contributed by atoms with E-state index in [1.54, 1.807) is 30.3 Å². The van der Waals surface area contributed by atoms with E-state index in [-0.39, 0.29) is 17.2 Å². The van der Waals surface area contributed by atoms with Gasteiger partial charge in [0.2, 0.25) is 0 Å². The molecule has 0 fully saturated rings. The standard InChI is InChI=1S/C20H10F6N4O/c21-19(22,23)14-9-17(28-11-4-3-5-12(8-11)31-20(24,25)26)30-16-7-2-1-6-15(16)29-18(30)13(14)10-27/h1-9,28H. The molecule has 2 heterocycles. The van der Waals surface area contributed by atoms with E-state index in [4.69, 9.17) is 0 Å². The van der Waals surface area contributed by atoms with Gasteiger partial charge in [0.05, 0.1) is 16.6 Å². The van der Waals surface area contributed by atoms with E-state index in [0.29, 0.717) is 11.0 Å². The predicted molar refractivity (Wildman–Crippen MR) is 98.8 cm³/mol. The molecule has 0 unspecified atom stereocenters. The maximum absolute atomic E-state index is 13.6. The molecule has 158 valence electrons. The Morgan fingerprint density at radius 3 is 2.39 bits per heavy atom. The first-order valence-corrected chi connectivity index (χ1v) is 8.61.